The summed E-state index contributed by atoms with van der Waals surface area (Å²) in [6, 6.07) is 5.51. The molecular formula is C13H16BrNO2. The normalized spacial score (nSPS) is 23.7. The third-order valence-electron chi connectivity index (χ3n) is 3.10. The third kappa shape index (κ3) is 3.07. The maximum Gasteiger partial charge on any atom is 0.251 e. The topological polar surface area (TPSA) is 49.3 Å². The van der Waals surface area contributed by atoms with Crippen molar-refractivity contribution >= 4 is 21.8 Å². The minimum atomic E-state index is -0.396. The average Bonchev–Trinajstić information content (AvgIpc) is 2.63. The molecule has 0 aromatic heterocycles. The van der Waals surface area contributed by atoms with Crippen LogP contribution in [0.4, 0.5) is 0 Å². The fraction of sp³-hybridized carbons (Fsp3) is 0.462. The van der Waals surface area contributed by atoms with Crippen LogP contribution >= 0.6 is 15.9 Å². The van der Waals surface area contributed by atoms with Crippen LogP contribution in [0, 0.1) is 6.92 Å². The second kappa shape index (κ2) is 5.19. The number of hydrogen-bond acceptors (Lipinski definition) is 2. The first kappa shape index (κ1) is 12.6. The summed E-state index contributed by atoms with van der Waals surface area (Å²) >= 11 is 3.38. The summed E-state index contributed by atoms with van der Waals surface area (Å²) in [5, 5.41) is 12.6. The summed E-state index contributed by atoms with van der Waals surface area (Å²) < 4.78 is 0.898. The molecule has 2 unspecified atom stereocenters. The van der Waals surface area contributed by atoms with E-state index in [1.54, 1.807) is 6.07 Å². The molecule has 0 saturated heterocycles. The van der Waals surface area contributed by atoms with Crippen molar-refractivity contribution in [1.82, 2.24) is 5.32 Å². The number of carbonyl (C=O) groups is 1. The maximum atomic E-state index is 12.0. The van der Waals surface area contributed by atoms with E-state index in [1.807, 2.05) is 19.1 Å². The average molecular weight is 298 g/mol. The Morgan fingerprint density at radius 2 is 2.18 bits per heavy atom. The Hall–Kier alpha value is -0.870. The van der Waals surface area contributed by atoms with Crippen molar-refractivity contribution in [2.45, 2.75) is 38.3 Å². The van der Waals surface area contributed by atoms with Gasteiger partial charge in [0.25, 0.3) is 5.91 Å². The number of aliphatic hydroxyl groups excluding tert-OH is 1. The Bertz CT molecular complexity index is 413. The highest BCUT2D eigenvalue weighted by molar-refractivity contribution is 9.10. The number of nitrogens with one attached hydrogen (secondary N) is 1. The van der Waals surface area contributed by atoms with Gasteiger partial charge in [-0.3, -0.25) is 4.79 Å². The minimum absolute atomic E-state index is 0.0956. The van der Waals surface area contributed by atoms with Crippen LogP contribution in [-0.2, 0) is 0 Å². The van der Waals surface area contributed by atoms with Gasteiger partial charge in [-0.25, -0.2) is 0 Å². The van der Waals surface area contributed by atoms with E-state index in [0.717, 1.165) is 29.3 Å². The molecule has 3 nitrogen and oxygen atoms in total. The van der Waals surface area contributed by atoms with Crippen LogP contribution in [0.2, 0.25) is 0 Å². The van der Waals surface area contributed by atoms with Gasteiger partial charge in [-0.1, -0.05) is 15.9 Å². The Morgan fingerprint density at radius 3 is 2.76 bits per heavy atom. The molecule has 0 aliphatic heterocycles. The highest BCUT2D eigenvalue weighted by atomic mass is 79.9. The molecule has 1 aliphatic rings. The molecule has 0 bridgehead atoms. The van der Waals surface area contributed by atoms with Crippen LogP contribution in [-0.4, -0.2) is 23.2 Å². The molecule has 2 atom stereocenters. The first-order valence-corrected chi connectivity index (χ1v) is 6.61. The number of hydrogen-bond donors (Lipinski definition) is 2. The second-order valence-electron chi connectivity index (χ2n) is 4.60. The molecule has 2 N–H and O–H groups in total. The van der Waals surface area contributed by atoms with Gasteiger partial charge in [0.1, 0.15) is 0 Å². The van der Waals surface area contributed by atoms with Crippen LogP contribution in [0.3, 0.4) is 0 Å². The van der Waals surface area contributed by atoms with E-state index >= 15 is 0 Å². The lowest BCUT2D eigenvalue weighted by Gasteiger charge is -2.16. The number of carbonyl (C=O) groups excluding carboxylic acids is 1. The third-order valence-corrected chi connectivity index (χ3v) is 3.56. The number of benzene rings is 1. The SMILES string of the molecule is Cc1cc(Br)cc(C(=O)NC2CCCC2O)c1. The zero-order valence-corrected chi connectivity index (χ0v) is 11.3. The molecule has 1 fully saturated rings. The summed E-state index contributed by atoms with van der Waals surface area (Å²) in [7, 11) is 0. The monoisotopic (exact) mass is 297 g/mol. The fourth-order valence-corrected chi connectivity index (χ4v) is 2.84. The zero-order chi connectivity index (χ0) is 12.4. The van der Waals surface area contributed by atoms with Gasteiger partial charge < -0.3 is 10.4 Å². The van der Waals surface area contributed by atoms with Gasteiger partial charge in [-0.15, -0.1) is 0 Å². The van der Waals surface area contributed by atoms with Crippen LogP contribution in [0.15, 0.2) is 22.7 Å². The van der Waals surface area contributed by atoms with Crippen LogP contribution < -0.4 is 5.32 Å². The number of amides is 1. The molecule has 2 rings (SSSR count). The number of halogens is 1. The van der Waals surface area contributed by atoms with Gasteiger partial charge in [0, 0.05) is 10.0 Å². The van der Waals surface area contributed by atoms with Crippen molar-refractivity contribution in [3.05, 3.63) is 33.8 Å². The summed E-state index contributed by atoms with van der Waals surface area (Å²) in [6.07, 6.45) is 2.22. The number of rotatable bonds is 2. The van der Waals surface area contributed by atoms with E-state index in [9.17, 15) is 9.90 Å². The van der Waals surface area contributed by atoms with E-state index in [0.29, 0.717) is 5.56 Å². The smallest absolute Gasteiger partial charge is 0.251 e. The molecular weight excluding hydrogens is 282 g/mol. The molecule has 1 amide bonds. The Balaban J connectivity index is 2.09. The molecule has 1 aliphatic carbocycles. The molecule has 0 radical (unpaired) electrons. The predicted octanol–water partition coefficient (Wildman–Crippen LogP) is 2.40. The van der Waals surface area contributed by atoms with Crippen molar-refractivity contribution < 1.29 is 9.90 Å². The molecule has 4 heteroatoms. The first-order valence-electron chi connectivity index (χ1n) is 5.82. The lowest BCUT2D eigenvalue weighted by molar-refractivity contribution is 0.0873. The quantitative estimate of drug-likeness (QED) is 0.881. The van der Waals surface area contributed by atoms with Gasteiger partial charge in [0.2, 0.25) is 0 Å². The molecule has 1 aromatic rings. The highest BCUT2D eigenvalue weighted by Gasteiger charge is 2.26. The van der Waals surface area contributed by atoms with Gasteiger partial charge in [0.05, 0.1) is 12.1 Å². The summed E-state index contributed by atoms with van der Waals surface area (Å²) in [5.74, 6) is -0.111. The Labute approximate surface area is 109 Å². The molecule has 0 heterocycles. The van der Waals surface area contributed by atoms with Crippen molar-refractivity contribution in [2.75, 3.05) is 0 Å². The Morgan fingerprint density at radius 1 is 1.41 bits per heavy atom. The molecule has 17 heavy (non-hydrogen) atoms. The number of aryl methyl sites for hydroxylation is 1. The molecule has 92 valence electrons. The largest absolute Gasteiger partial charge is 0.391 e. The van der Waals surface area contributed by atoms with Crippen molar-refractivity contribution in [1.29, 1.82) is 0 Å². The van der Waals surface area contributed by atoms with Gasteiger partial charge in [-0.2, -0.15) is 0 Å². The fourth-order valence-electron chi connectivity index (χ4n) is 2.23. The van der Waals surface area contributed by atoms with E-state index in [2.05, 4.69) is 21.2 Å². The van der Waals surface area contributed by atoms with Crippen molar-refractivity contribution in [3.63, 3.8) is 0 Å². The minimum Gasteiger partial charge on any atom is -0.391 e. The molecule has 1 saturated carbocycles. The van der Waals surface area contributed by atoms with E-state index < -0.39 is 6.10 Å². The summed E-state index contributed by atoms with van der Waals surface area (Å²) in [5.41, 5.74) is 1.67. The predicted molar refractivity (Wildman–Crippen MR) is 70.0 cm³/mol. The first-order chi connectivity index (χ1) is 8.06. The zero-order valence-electron chi connectivity index (χ0n) is 9.74. The standard InChI is InChI=1S/C13H16BrNO2/c1-8-5-9(7-10(14)6-8)13(17)15-11-3-2-4-12(11)16/h5-7,11-12,16H,2-4H2,1H3,(H,15,17). The van der Waals surface area contributed by atoms with Crippen LogP contribution in [0.25, 0.3) is 0 Å². The second-order valence-corrected chi connectivity index (χ2v) is 5.51. The van der Waals surface area contributed by atoms with E-state index in [-0.39, 0.29) is 11.9 Å². The van der Waals surface area contributed by atoms with E-state index in [4.69, 9.17) is 0 Å². The summed E-state index contributed by atoms with van der Waals surface area (Å²) in [6.45, 7) is 1.95. The van der Waals surface area contributed by atoms with Crippen molar-refractivity contribution in [3.8, 4) is 0 Å². The van der Waals surface area contributed by atoms with Crippen molar-refractivity contribution in [2.24, 2.45) is 0 Å². The molecule has 0 spiro atoms. The highest BCUT2D eigenvalue weighted by Crippen LogP contribution is 2.20. The maximum absolute atomic E-state index is 12.0. The Kier molecular flexibility index (Phi) is 3.84. The van der Waals surface area contributed by atoms with Gasteiger partial charge in [-0.05, 0) is 49.9 Å². The molecule has 1 aromatic carbocycles. The van der Waals surface area contributed by atoms with Gasteiger partial charge in [0.15, 0.2) is 0 Å². The van der Waals surface area contributed by atoms with Gasteiger partial charge >= 0.3 is 0 Å². The van der Waals surface area contributed by atoms with E-state index in [1.165, 1.54) is 0 Å². The van der Waals surface area contributed by atoms with Crippen LogP contribution in [0.1, 0.15) is 35.2 Å². The summed E-state index contributed by atoms with van der Waals surface area (Å²) in [4.78, 5) is 12.0. The lowest BCUT2D eigenvalue weighted by atomic mass is 10.1. The lowest BCUT2D eigenvalue weighted by Crippen LogP contribution is -2.39. The number of aliphatic hydroxyl groups is 1. The van der Waals surface area contributed by atoms with Crippen LogP contribution in [0.5, 0.6) is 0 Å².